The molecule has 0 unspecified atom stereocenters. The van der Waals surface area contributed by atoms with E-state index in [9.17, 15) is 13.2 Å². The van der Waals surface area contributed by atoms with E-state index >= 15 is 0 Å². The summed E-state index contributed by atoms with van der Waals surface area (Å²) in [5, 5.41) is 9.31. The highest BCUT2D eigenvalue weighted by Crippen LogP contribution is 2.24. The lowest BCUT2D eigenvalue weighted by molar-refractivity contribution is -0.137. The van der Waals surface area contributed by atoms with Gasteiger partial charge in [-0.25, -0.2) is 13.4 Å². The summed E-state index contributed by atoms with van der Waals surface area (Å²) in [7, 11) is -2.53. The zero-order chi connectivity index (χ0) is 15.5. The lowest BCUT2D eigenvalue weighted by Crippen LogP contribution is -2.37. The number of fused-ring (bicyclic) bond motifs is 1. The van der Waals surface area contributed by atoms with Gasteiger partial charge >= 0.3 is 5.97 Å². The molecule has 2 aromatic rings. The van der Waals surface area contributed by atoms with E-state index in [2.05, 4.69) is 9.97 Å². The molecule has 0 aliphatic heterocycles. The third-order valence-electron chi connectivity index (χ3n) is 2.89. The van der Waals surface area contributed by atoms with Gasteiger partial charge in [0.15, 0.2) is 0 Å². The van der Waals surface area contributed by atoms with E-state index < -0.39 is 22.5 Å². The van der Waals surface area contributed by atoms with Gasteiger partial charge in [0.05, 0.1) is 6.61 Å². The van der Waals surface area contributed by atoms with Crippen molar-refractivity contribution in [1.29, 1.82) is 0 Å². The highest BCUT2D eigenvalue weighted by molar-refractivity contribution is 7.89. The third-order valence-corrected chi connectivity index (χ3v) is 4.77. The van der Waals surface area contributed by atoms with Gasteiger partial charge in [-0.05, 0) is 12.1 Å². The molecule has 0 saturated carbocycles. The van der Waals surface area contributed by atoms with E-state index in [1.807, 2.05) is 0 Å². The first kappa shape index (κ1) is 15.4. The quantitative estimate of drug-likeness (QED) is 0.759. The monoisotopic (exact) mass is 313 g/mol. The van der Waals surface area contributed by atoms with Crippen LogP contribution >= 0.6 is 0 Å². The molecule has 0 spiro atoms. The molecule has 2 heterocycles. The first-order valence-electron chi connectivity index (χ1n) is 6.10. The molecule has 8 nitrogen and oxygen atoms in total. The summed E-state index contributed by atoms with van der Waals surface area (Å²) < 4.78 is 30.9. The molecule has 0 saturated heterocycles. The van der Waals surface area contributed by atoms with Crippen molar-refractivity contribution in [2.24, 2.45) is 0 Å². The Hall–Kier alpha value is -1.97. The molecule has 0 radical (unpaired) electrons. The van der Waals surface area contributed by atoms with Gasteiger partial charge in [0, 0.05) is 31.4 Å². The van der Waals surface area contributed by atoms with E-state index in [1.165, 1.54) is 19.5 Å². The summed E-state index contributed by atoms with van der Waals surface area (Å²) in [5.74, 6) is -1.23. The second-order valence-corrected chi connectivity index (χ2v) is 6.18. The fraction of sp³-hybridized carbons (Fsp3) is 0.333. The maximum Gasteiger partial charge on any atom is 0.318 e. The van der Waals surface area contributed by atoms with Crippen molar-refractivity contribution in [2.75, 3.05) is 26.8 Å². The summed E-state index contributed by atoms with van der Waals surface area (Å²) in [6.07, 6.45) is 2.85. The van der Waals surface area contributed by atoms with Crippen molar-refractivity contribution < 1.29 is 23.1 Å². The Morgan fingerprint density at radius 2 is 2.29 bits per heavy atom. The van der Waals surface area contributed by atoms with Gasteiger partial charge < -0.3 is 14.8 Å². The van der Waals surface area contributed by atoms with Gasteiger partial charge in [-0.1, -0.05) is 0 Å². The van der Waals surface area contributed by atoms with Gasteiger partial charge in [-0.3, -0.25) is 4.79 Å². The third kappa shape index (κ3) is 3.20. The number of nitrogens with zero attached hydrogens (tertiary/aromatic N) is 2. The van der Waals surface area contributed by atoms with Gasteiger partial charge in [0.25, 0.3) is 0 Å². The molecule has 0 aliphatic carbocycles. The number of carboxylic acid groups (broad SMARTS) is 1. The molecule has 0 bridgehead atoms. The van der Waals surface area contributed by atoms with Crippen LogP contribution in [0.3, 0.4) is 0 Å². The number of carbonyl (C=O) groups is 1. The lowest BCUT2D eigenvalue weighted by atomic mass is 10.3. The Morgan fingerprint density at radius 1 is 1.52 bits per heavy atom. The van der Waals surface area contributed by atoms with Crippen LogP contribution in [0.5, 0.6) is 0 Å². The van der Waals surface area contributed by atoms with Crippen molar-refractivity contribution in [3.63, 3.8) is 0 Å². The number of nitrogens with one attached hydrogen (secondary N) is 1. The highest BCUT2D eigenvalue weighted by Gasteiger charge is 2.28. The molecule has 2 N–H and O–H groups in total. The van der Waals surface area contributed by atoms with E-state index in [0.717, 1.165) is 4.31 Å². The number of rotatable bonds is 7. The van der Waals surface area contributed by atoms with Crippen LogP contribution in [0.2, 0.25) is 0 Å². The standard InChI is InChI=1S/C12H15N3O5S/c1-20-6-5-15(8-11(16)17)21(18,19)10-7-14-12-9(10)3-2-4-13-12/h2-4,7H,5-6,8H2,1H3,(H,13,14)(H,16,17). The normalized spacial score (nSPS) is 12.1. The molecule has 0 amide bonds. The van der Waals surface area contributed by atoms with Gasteiger partial charge in [0.2, 0.25) is 10.0 Å². The topological polar surface area (TPSA) is 113 Å². The average Bonchev–Trinajstić information content (AvgIpc) is 2.87. The zero-order valence-electron chi connectivity index (χ0n) is 11.3. The van der Waals surface area contributed by atoms with Crippen LogP contribution in [0.1, 0.15) is 0 Å². The summed E-state index contributed by atoms with van der Waals surface area (Å²) in [6.45, 7) is -0.566. The number of H-pyrrole nitrogens is 1. The lowest BCUT2D eigenvalue weighted by Gasteiger charge is -2.19. The molecule has 21 heavy (non-hydrogen) atoms. The number of aromatic amines is 1. The first-order chi connectivity index (χ1) is 9.96. The molecule has 0 aliphatic rings. The molecule has 2 aromatic heterocycles. The second kappa shape index (κ2) is 6.20. The summed E-state index contributed by atoms with van der Waals surface area (Å²) in [4.78, 5) is 17.7. The fourth-order valence-electron chi connectivity index (χ4n) is 1.91. The summed E-state index contributed by atoms with van der Waals surface area (Å²) in [5.41, 5.74) is 0.429. The molecule has 0 atom stereocenters. The van der Waals surface area contributed by atoms with Gasteiger partial charge in [-0.2, -0.15) is 4.31 Å². The van der Waals surface area contributed by atoms with Crippen molar-refractivity contribution in [1.82, 2.24) is 14.3 Å². The number of methoxy groups -OCH3 is 1. The van der Waals surface area contributed by atoms with Crippen LogP contribution in [-0.4, -0.2) is 60.6 Å². The Labute approximate surface area is 121 Å². The van der Waals surface area contributed by atoms with Crippen molar-refractivity contribution in [3.8, 4) is 0 Å². The Kier molecular flexibility index (Phi) is 4.56. The Balaban J connectivity index is 2.44. The number of pyridine rings is 1. The summed E-state index contributed by atoms with van der Waals surface area (Å²) in [6, 6.07) is 3.23. The number of aliphatic carboxylic acids is 1. The van der Waals surface area contributed by atoms with Crippen LogP contribution in [0, 0.1) is 0 Å². The molecule has 9 heteroatoms. The predicted octanol–water partition coefficient (Wildman–Crippen LogP) is 0.285. The fourth-order valence-corrected chi connectivity index (χ4v) is 3.44. The largest absolute Gasteiger partial charge is 0.480 e. The number of hydrogen-bond acceptors (Lipinski definition) is 5. The molecule has 0 aromatic carbocycles. The van der Waals surface area contributed by atoms with E-state index in [0.29, 0.717) is 11.0 Å². The summed E-state index contributed by atoms with van der Waals surface area (Å²) >= 11 is 0. The van der Waals surface area contributed by atoms with Crippen LogP contribution in [0.4, 0.5) is 0 Å². The maximum absolute atomic E-state index is 12.6. The van der Waals surface area contributed by atoms with E-state index in [4.69, 9.17) is 9.84 Å². The first-order valence-corrected chi connectivity index (χ1v) is 7.54. The number of aromatic nitrogens is 2. The molecule has 0 fully saturated rings. The zero-order valence-corrected chi connectivity index (χ0v) is 12.1. The SMILES string of the molecule is COCCN(CC(=O)O)S(=O)(=O)c1c[nH]c2ncccc12. The molecule has 114 valence electrons. The van der Waals surface area contributed by atoms with Crippen LogP contribution in [0.25, 0.3) is 11.0 Å². The van der Waals surface area contributed by atoms with E-state index in [-0.39, 0.29) is 18.0 Å². The highest BCUT2D eigenvalue weighted by atomic mass is 32.2. The maximum atomic E-state index is 12.6. The smallest absolute Gasteiger partial charge is 0.318 e. The minimum absolute atomic E-state index is 0.00273. The molecular weight excluding hydrogens is 298 g/mol. The van der Waals surface area contributed by atoms with Crippen LogP contribution in [-0.2, 0) is 19.6 Å². The minimum atomic E-state index is -3.95. The molecular formula is C12H15N3O5S. The molecule has 2 rings (SSSR count). The van der Waals surface area contributed by atoms with Crippen LogP contribution in [0.15, 0.2) is 29.4 Å². The van der Waals surface area contributed by atoms with Crippen molar-refractivity contribution in [3.05, 3.63) is 24.5 Å². The Morgan fingerprint density at radius 3 is 2.95 bits per heavy atom. The van der Waals surface area contributed by atoms with E-state index in [1.54, 1.807) is 12.1 Å². The number of ether oxygens (including phenoxy) is 1. The van der Waals surface area contributed by atoms with Gasteiger partial charge in [0.1, 0.15) is 17.1 Å². The second-order valence-electron chi connectivity index (χ2n) is 4.28. The predicted molar refractivity (Wildman–Crippen MR) is 74.4 cm³/mol. The minimum Gasteiger partial charge on any atom is -0.480 e. The Bertz CT molecular complexity index is 740. The van der Waals surface area contributed by atoms with Crippen LogP contribution < -0.4 is 0 Å². The number of sulfonamides is 1. The number of hydrogen-bond donors (Lipinski definition) is 2. The average molecular weight is 313 g/mol. The van der Waals surface area contributed by atoms with Crippen molar-refractivity contribution >= 4 is 27.0 Å². The number of carboxylic acids is 1. The van der Waals surface area contributed by atoms with Crippen molar-refractivity contribution in [2.45, 2.75) is 4.90 Å². The van der Waals surface area contributed by atoms with Gasteiger partial charge in [-0.15, -0.1) is 0 Å².